The van der Waals surface area contributed by atoms with E-state index in [0.717, 1.165) is 38.8 Å². The van der Waals surface area contributed by atoms with Gasteiger partial charge in [-0.05, 0) is 31.2 Å². The Morgan fingerprint density at radius 2 is 1.88 bits per heavy atom. The van der Waals surface area contributed by atoms with E-state index in [-0.39, 0.29) is 5.91 Å². The normalized spacial score (nSPS) is 14.4. The maximum Gasteiger partial charge on any atom is 0.222 e. The summed E-state index contributed by atoms with van der Waals surface area (Å²) in [5.41, 5.74) is 5.56. The second kappa shape index (κ2) is 9.46. The Morgan fingerprint density at radius 3 is 2.35 bits per heavy atom. The SMILES string of the molecule is CCC(C)CN(C)C(=O)CCC(CC)CCN. The van der Waals surface area contributed by atoms with Crippen LogP contribution in [0.5, 0.6) is 0 Å². The minimum Gasteiger partial charge on any atom is -0.345 e. The van der Waals surface area contributed by atoms with E-state index in [2.05, 4.69) is 20.8 Å². The monoisotopic (exact) mass is 242 g/mol. The Balaban J connectivity index is 3.90. The van der Waals surface area contributed by atoms with Crippen molar-refractivity contribution < 1.29 is 4.79 Å². The minimum atomic E-state index is 0.278. The van der Waals surface area contributed by atoms with Crippen LogP contribution < -0.4 is 5.73 Å². The van der Waals surface area contributed by atoms with Crippen molar-refractivity contribution in [1.82, 2.24) is 4.90 Å². The molecule has 0 spiro atoms. The highest BCUT2D eigenvalue weighted by molar-refractivity contribution is 5.75. The molecule has 0 fully saturated rings. The number of nitrogens with zero attached hydrogens (tertiary/aromatic N) is 1. The lowest BCUT2D eigenvalue weighted by atomic mass is 9.96. The van der Waals surface area contributed by atoms with Gasteiger partial charge in [-0.3, -0.25) is 4.79 Å². The van der Waals surface area contributed by atoms with Gasteiger partial charge in [0.15, 0.2) is 0 Å². The number of carbonyl (C=O) groups excluding carboxylic acids is 1. The zero-order valence-corrected chi connectivity index (χ0v) is 12.0. The van der Waals surface area contributed by atoms with Crippen molar-refractivity contribution in [2.45, 2.75) is 52.9 Å². The summed E-state index contributed by atoms with van der Waals surface area (Å²) in [6.45, 7) is 8.14. The van der Waals surface area contributed by atoms with E-state index in [1.54, 1.807) is 0 Å². The number of hydrogen-bond acceptors (Lipinski definition) is 2. The third-order valence-corrected chi connectivity index (χ3v) is 3.63. The summed E-state index contributed by atoms with van der Waals surface area (Å²) in [4.78, 5) is 13.8. The summed E-state index contributed by atoms with van der Waals surface area (Å²) in [5, 5.41) is 0. The molecule has 0 radical (unpaired) electrons. The van der Waals surface area contributed by atoms with Gasteiger partial charge in [0.2, 0.25) is 5.91 Å². The van der Waals surface area contributed by atoms with Gasteiger partial charge in [-0.25, -0.2) is 0 Å². The summed E-state index contributed by atoms with van der Waals surface area (Å²) in [5.74, 6) is 1.48. The molecule has 102 valence electrons. The Labute approximate surface area is 107 Å². The Kier molecular flexibility index (Phi) is 9.14. The van der Waals surface area contributed by atoms with Gasteiger partial charge in [-0.2, -0.15) is 0 Å². The number of nitrogens with two attached hydrogens (primary N) is 1. The zero-order valence-electron chi connectivity index (χ0n) is 12.0. The predicted molar refractivity (Wildman–Crippen MR) is 73.8 cm³/mol. The first-order valence-corrected chi connectivity index (χ1v) is 6.99. The molecule has 2 unspecified atom stereocenters. The van der Waals surface area contributed by atoms with Gasteiger partial charge in [0.1, 0.15) is 0 Å². The smallest absolute Gasteiger partial charge is 0.222 e. The van der Waals surface area contributed by atoms with Crippen LogP contribution in [0.2, 0.25) is 0 Å². The van der Waals surface area contributed by atoms with Gasteiger partial charge in [0, 0.05) is 20.0 Å². The summed E-state index contributed by atoms with van der Waals surface area (Å²) in [7, 11) is 1.92. The third-order valence-electron chi connectivity index (χ3n) is 3.63. The molecular weight excluding hydrogens is 212 g/mol. The molecule has 0 saturated heterocycles. The van der Waals surface area contributed by atoms with Gasteiger partial charge < -0.3 is 10.6 Å². The molecule has 0 aliphatic carbocycles. The van der Waals surface area contributed by atoms with Crippen LogP contribution in [0.25, 0.3) is 0 Å². The molecule has 0 bridgehead atoms. The second-order valence-electron chi connectivity index (χ2n) is 5.18. The highest BCUT2D eigenvalue weighted by atomic mass is 16.2. The lowest BCUT2D eigenvalue weighted by Crippen LogP contribution is -2.31. The van der Waals surface area contributed by atoms with Crippen molar-refractivity contribution >= 4 is 5.91 Å². The molecule has 2 atom stereocenters. The number of rotatable bonds is 9. The van der Waals surface area contributed by atoms with Gasteiger partial charge in [0.25, 0.3) is 0 Å². The third kappa shape index (κ3) is 7.37. The summed E-state index contributed by atoms with van der Waals surface area (Å²) in [6, 6.07) is 0. The fraction of sp³-hybridized carbons (Fsp3) is 0.929. The van der Waals surface area contributed by atoms with Gasteiger partial charge in [-0.15, -0.1) is 0 Å². The molecular formula is C14H30N2O. The Morgan fingerprint density at radius 1 is 1.24 bits per heavy atom. The number of amides is 1. The van der Waals surface area contributed by atoms with E-state index in [1.807, 2.05) is 11.9 Å². The van der Waals surface area contributed by atoms with E-state index < -0.39 is 0 Å². The van der Waals surface area contributed by atoms with Crippen LogP contribution in [0, 0.1) is 11.8 Å². The van der Waals surface area contributed by atoms with Crippen molar-refractivity contribution in [3.05, 3.63) is 0 Å². The van der Waals surface area contributed by atoms with Crippen LogP contribution >= 0.6 is 0 Å². The fourth-order valence-corrected chi connectivity index (χ4v) is 2.01. The first kappa shape index (κ1) is 16.4. The van der Waals surface area contributed by atoms with Crippen molar-refractivity contribution in [3.8, 4) is 0 Å². The average molecular weight is 242 g/mol. The van der Waals surface area contributed by atoms with Gasteiger partial charge >= 0.3 is 0 Å². The first-order chi connectivity index (χ1) is 8.04. The van der Waals surface area contributed by atoms with E-state index in [0.29, 0.717) is 18.3 Å². The lowest BCUT2D eigenvalue weighted by molar-refractivity contribution is -0.130. The molecule has 3 nitrogen and oxygen atoms in total. The van der Waals surface area contributed by atoms with E-state index >= 15 is 0 Å². The van der Waals surface area contributed by atoms with Crippen molar-refractivity contribution in [2.75, 3.05) is 20.1 Å². The molecule has 0 rings (SSSR count). The maximum atomic E-state index is 11.9. The molecule has 0 aromatic carbocycles. The average Bonchev–Trinajstić information content (AvgIpc) is 2.33. The molecule has 0 heterocycles. The molecule has 0 aliphatic heterocycles. The fourth-order valence-electron chi connectivity index (χ4n) is 2.01. The van der Waals surface area contributed by atoms with Crippen LogP contribution in [0.4, 0.5) is 0 Å². The van der Waals surface area contributed by atoms with Crippen LogP contribution in [-0.4, -0.2) is 30.9 Å². The van der Waals surface area contributed by atoms with Gasteiger partial charge in [0.05, 0.1) is 0 Å². The Hall–Kier alpha value is -0.570. The minimum absolute atomic E-state index is 0.278. The quantitative estimate of drug-likeness (QED) is 0.675. The zero-order chi connectivity index (χ0) is 13.3. The van der Waals surface area contributed by atoms with Crippen molar-refractivity contribution in [3.63, 3.8) is 0 Å². The van der Waals surface area contributed by atoms with Gasteiger partial charge in [-0.1, -0.05) is 33.6 Å². The molecule has 0 aliphatic rings. The molecule has 0 aromatic heterocycles. The number of hydrogen-bond donors (Lipinski definition) is 1. The first-order valence-electron chi connectivity index (χ1n) is 6.99. The summed E-state index contributed by atoms with van der Waals surface area (Å²) >= 11 is 0. The molecule has 2 N–H and O–H groups in total. The molecule has 0 saturated carbocycles. The second-order valence-corrected chi connectivity index (χ2v) is 5.18. The van der Waals surface area contributed by atoms with Crippen LogP contribution in [0.3, 0.4) is 0 Å². The highest BCUT2D eigenvalue weighted by Crippen LogP contribution is 2.15. The van der Waals surface area contributed by atoms with Crippen LogP contribution in [0.1, 0.15) is 52.9 Å². The molecule has 3 heteroatoms. The summed E-state index contributed by atoms with van der Waals surface area (Å²) < 4.78 is 0. The molecule has 17 heavy (non-hydrogen) atoms. The highest BCUT2D eigenvalue weighted by Gasteiger charge is 2.13. The molecule has 1 amide bonds. The topological polar surface area (TPSA) is 46.3 Å². The predicted octanol–water partition coefficient (Wildman–Crippen LogP) is 2.65. The lowest BCUT2D eigenvalue weighted by Gasteiger charge is -2.22. The van der Waals surface area contributed by atoms with E-state index in [1.165, 1.54) is 0 Å². The Bertz CT molecular complexity index is 206. The van der Waals surface area contributed by atoms with Crippen LogP contribution in [0.15, 0.2) is 0 Å². The largest absolute Gasteiger partial charge is 0.345 e. The number of carbonyl (C=O) groups is 1. The van der Waals surface area contributed by atoms with Crippen LogP contribution in [-0.2, 0) is 4.79 Å². The maximum absolute atomic E-state index is 11.9. The van der Waals surface area contributed by atoms with Crippen molar-refractivity contribution in [2.24, 2.45) is 17.6 Å². The van der Waals surface area contributed by atoms with Crippen molar-refractivity contribution in [1.29, 1.82) is 0 Å². The molecule has 0 aromatic rings. The van der Waals surface area contributed by atoms with E-state index in [4.69, 9.17) is 5.73 Å². The summed E-state index contributed by atoms with van der Waals surface area (Å²) in [6.07, 6.45) is 4.95. The van der Waals surface area contributed by atoms with E-state index in [9.17, 15) is 4.79 Å². The standard InChI is InChI=1S/C14H30N2O/c1-5-12(3)11-16(4)14(17)8-7-13(6-2)9-10-15/h12-13H,5-11,15H2,1-4H3.